The number of carbonyl (C=O) groups excluding carboxylic acids is 1. The molecule has 1 aliphatic heterocycles. The fourth-order valence-corrected chi connectivity index (χ4v) is 2.85. The number of piperidine rings is 1. The monoisotopic (exact) mass is 429 g/mol. The van der Waals surface area contributed by atoms with Crippen molar-refractivity contribution in [3.05, 3.63) is 40.6 Å². The Hall–Kier alpha value is -1.64. The van der Waals surface area contributed by atoms with Crippen LogP contribution in [0.5, 0.6) is 5.75 Å². The summed E-state index contributed by atoms with van der Waals surface area (Å²) in [5.41, 5.74) is 0.345. The lowest BCUT2D eigenvalue weighted by Gasteiger charge is -2.22. The molecule has 1 fully saturated rings. The summed E-state index contributed by atoms with van der Waals surface area (Å²) >= 11 is 3.37. The predicted octanol–water partition coefficient (Wildman–Crippen LogP) is 2.20. The fraction of sp³-hybridized carbons (Fsp3) is 0.438. The second-order valence-electron chi connectivity index (χ2n) is 5.62. The van der Waals surface area contributed by atoms with E-state index in [1.54, 1.807) is 10.9 Å². The molecule has 0 bridgehead atoms. The highest BCUT2D eigenvalue weighted by molar-refractivity contribution is 9.10. The lowest BCUT2D eigenvalue weighted by molar-refractivity contribution is 0.0942. The lowest BCUT2D eigenvalue weighted by Crippen LogP contribution is -2.30. The van der Waals surface area contributed by atoms with E-state index in [9.17, 15) is 4.79 Å². The molecule has 0 aliphatic carbocycles. The Morgan fingerprint density at radius 3 is 2.76 bits per heavy atom. The first kappa shape index (κ1) is 19.7. The molecule has 1 aliphatic rings. The van der Waals surface area contributed by atoms with Gasteiger partial charge < -0.3 is 15.4 Å². The van der Waals surface area contributed by atoms with Crippen LogP contribution in [0.25, 0.3) is 0 Å². The van der Waals surface area contributed by atoms with Gasteiger partial charge in [0.2, 0.25) is 0 Å². The van der Waals surface area contributed by atoms with Crippen molar-refractivity contribution >= 4 is 34.2 Å². The first-order chi connectivity index (χ1) is 11.7. The second-order valence-corrected chi connectivity index (χ2v) is 6.54. The van der Waals surface area contributed by atoms with E-state index in [4.69, 9.17) is 4.74 Å². The second kappa shape index (κ2) is 9.74. The van der Waals surface area contributed by atoms with Crippen LogP contribution in [-0.2, 0) is 0 Å². The highest BCUT2D eigenvalue weighted by atomic mass is 79.9. The Morgan fingerprint density at radius 2 is 2.04 bits per heavy atom. The molecule has 136 valence electrons. The number of nitrogens with zero attached hydrogens (tertiary/aromatic N) is 3. The summed E-state index contributed by atoms with van der Waals surface area (Å²) in [5.74, 6) is 0.541. The smallest absolute Gasteiger partial charge is 0.273 e. The summed E-state index contributed by atoms with van der Waals surface area (Å²) in [6.07, 6.45) is 3.73. The molecule has 0 spiro atoms. The zero-order valence-electron chi connectivity index (χ0n) is 13.7. The molecule has 2 N–H and O–H groups in total. The number of halogens is 2. The molecule has 0 radical (unpaired) electrons. The average molecular weight is 431 g/mol. The molecule has 9 heteroatoms. The van der Waals surface area contributed by atoms with Crippen LogP contribution >= 0.6 is 28.3 Å². The Bertz CT molecular complexity index is 673. The molecule has 0 unspecified atom stereocenters. The first-order valence-electron chi connectivity index (χ1n) is 8.01. The van der Waals surface area contributed by atoms with Crippen molar-refractivity contribution in [1.82, 2.24) is 25.6 Å². The van der Waals surface area contributed by atoms with Crippen LogP contribution in [0.3, 0.4) is 0 Å². The minimum absolute atomic E-state index is 0. The van der Waals surface area contributed by atoms with E-state index in [1.165, 1.54) is 0 Å². The van der Waals surface area contributed by atoms with Gasteiger partial charge in [0.05, 0.1) is 18.8 Å². The van der Waals surface area contributed by atoms with Crippen LogP contribution in [0.1, 0.15) is 29.4 Å². The molecule has 25 heavy (non-hydrogen) atoms. The molecule has 1 aromatic carbocycles. The summed E-state index contributed by atoms with van der Waals surface area (Å²) in [7, 11) is 0. The summed E-state index contributed by atoms with van der Waals surface area (Å²) in [4.78, 5) is 12.1. The molecule has 0 atom stereocenters. The van der Waals surface area contributed by atoms with Gasteiger partial charge in [-0.3, -0.25) is 4.79 Å². The maximum Gasteiger partial charge on any atom is 0.273 e. The maximum atomic E-state index is 12.1. The van der Waals surface area contributed by atoms with Crippen molar-refractivity contribution in [2.75, 3.05) is 26.2 Å². The topological polar surface area (TPSA) is 81.1 Å². The highest BCUT2D eigenvalue weighted by Crippen LogP contribution is 2.17. The van der Waals surface area contributed by atoms with Crippen molar-refractivity contribution in [3.8, 4) is 5.75 Å². The number of aromatic nitrogens is 3. The normalized spacial score (nSPS) is 14.6. The fourth-order valence-electron chi connectivity index (χ4n) is 2.59. The van der Waals surface area contributed by atoms with Gasteiger partial charge in [0.15, 0.2) is 5.69 Å². The Morgan fingerprint density at radius 1 is 1.32 bits per heavy atom. The van der Waals surface area contributed by atoms with E-state index in [1.807, 2.05) is 24.3 Å². The molecule has 1 saturated heterocycles. The number of carbonyl (C=O) groups is 1. The molecule has 0 saturated carbocycles. The first-order valence-corrected chi connectivity index (χ1v) is 8.81. The summed E-state index contributed by atoms with van der Waals surface area (Å²) in [5, 5.41) is 14.2. The van der Waals surface area contributed by atoms with Gasteiger partial charge in [-0.25, -0.2) is 4.68 Å². The minimum Gasteiger partial charge on any atom is -0.492 e. The molecular formula is C16H21BrClN5O2. The number of hydrogen-bond donors (Lipinski definition) is 2. The molecule has 2 aromatic rings. The van der Waals surface area contributed by atoms with Gasteiger partial charge in [0.1, 0.15) is 12.4 Å². The summed E-state index contributed by atoms with van der Waals surface area (Å²) < 4.78 is 8.36. The van der Waals surface area contributed by atoms with Crippen molar-refractivity contribution in [3.63, 3.8) is 0 Å². The van der Waals surface area contributed by atoms with Gasteiger partial charge in [-0.2, -0.15) is 0 Å². The van der Waals surface area contributed by atoms with Crippen LogP contribution in [-0.4, -0.2) is 47.1 Å². The quantitative estimate of drug-likeness (QED) is 0.687. The van der Waals surface area contributed by atoms with Crippen LogP contribution in [0.2, 0.25) is 0 Å². The third-order valence-corrected chi connectivity index (χ3v) is 4.42. The third kappa shape index (κ3) is 5.69. The molecular weight excluding hydrogens is 410 g/mol. The molecule has 7 nitrogen and oxygen atoms in total. The van der Waals surface area contributed by atoms with Gasteiger partial charge >= 0.3 is 0 Å². The van der Waals surface area contributed by atoms with E-state index < -0.39 is 0 Å². The third-order valence-electron chi connectivity index (χ3n) is 3.90. The summed E-state index contributed by atoms with van der Waals surface area (Å²) in [6.45, 7) is 2.75. The number of benzene rings is 1. The van der Waals surface area contributed by atoms with Gasteiger partial charge in [0.25, 0.3) is 5.91 Å². The van der Waals surface area contributed by atoms with Crippen molar-refractivity contribution in [1.29, 1.82) is 0 Å². The van der Waals surface area contributed by atoms with Crippen molar-refractivity contribution in [2.45, 2.75) is 18.9 Å². The Kier molecular flexibility index (Phi) is 7.67. The zero-order chi connectivity index (χ0) is 16.8. The standard InChI is InChI=1S/C16H20BrN5O2.ClH/c17-12-1-3-14(4-2-12)24-10-9-19-16(23)15-11-22(21-20-15)13-5-7-18-8-6-13;/h1-4,11,13,18H,5-10H2,(H,19,23);1H. The zero-order valence-corrected chi connectivity index (χ0v) is 16.1. The molecule has 3 rings (SSSR count). The molecule has 1 amide bonds. The SMILES string of the molecule is Cl.O=C(NCCOc1ccc(Br)cc1)c1cn(C2CCNCC2)nn1. The number of hydrogen-bond acceptors (Lipinski definition) is 5. The number of amides is 1. The average Bonchev–Trinajstić information content (AvgIpc) is 3.11. The highest BCUT2D eigenvalue weighted by Gasteiger charge is 2.18. The lowest BCUT2D eigenvalue weighted by atomic mass is 10.1. The number of rotatable bonds is 6. The van der Waals surface area contributed by atoms with E-state index >= 15 is 0 Å². The minimum atomic E-state index is -0.227. The van der Waals surface area contributed by atoms with Gasteiger partial charge in [0, 0.05) is 4.47 Å². The van der Waals surface area contributed by atoms with Gasteiger partial charge in [-0.1, -0.05) is 21.1 Å². The van der Waals surface area contributed by atoms with E-state index in [0.717, 1.165) is 36.2 Å². The molecule has 1 aromatic heterocycles. The Labute approximate surface area is 161 Å². The Balaban J connectivity index is 0.00000225. The van der Waals surface area contributed by atoms with Crippen molar-refractivity contribution < 1.29 is 9.53 Å². The number of ether oxygens (including phenoxy) is 1. The predicted molar refractivity (Wildman–Crippen MR) is 100 cm³/mol. The van der Waals surface area contributed by atoms with E-state index in [2.05, 4.69) is 36.9 Å². The van der Waals surface area contributed by atoms with Crippen LogP contribution in [0.4, 0.5) is 0 Å². The van der Waals surface area contributed by atoms with Crippen molar-refractivity contribution in [2.24, 2.45) is 0 Å². The summed E-state index contributed by atoms with van der Waals surface area (Å²) in [6, 6.07) is 7.88. The van der Waals surface area contributed by atoms with Gasteiger partial charge in [-0.05, 0) is 50.2 Å². The largest absolute Gasteiger partial charge is 0.492 e. The maximum absolute atomic E-state index is 12.1. The van der Waals surface area contributed by atoms with Crippen LogP contribution in [0.15, 0.2) is 34.9 Å². The number of nitrogens with one attached hydrogen (secondary N) is 2. The molecule has 2 heterocycles. The van der Waals surface area contributed by atoms with Crippen LogP contribution < -0.4 is 15.4 Å². The van der Waals surface area contributed by atoms with E-state index in [-0.39, 0.29) is 18.3 Å². The van der Waals surface area contributed by atoms with E-state index in [0.29, 0.717) is 24.9 Å². The van der Waals surface area contributed by atoms with Gasteiger partial charge in [-0.15, -0.1) is 17.5 Å². The van der Waals surface area contributed by atoms with Crippen LogP contribution in [0, 0.1) is 0 Å².